The highest BCUT2D eigenvalue weighted by atomic mass is 35.5. The van der Waals surface area contributed by atoms with Crippen molar-refractivity contribution < 1.29 is 4.79 Å². The number of carbonyl (C=O) groups is 1. The molecule has 0 fully saturated rings. The normalized spacial score (nSPS) is 11.2. The van der Waals surface area contributed by atoms with Gasteiger partial charge in [0, 0.05) is 12.1 Å². The van der Waals surface area contributed by atoms with Crippen molar-refractivity contribution in [2.24, 2.45) is 0 Å². The molecule has 0 saturated carbocycles. The number of aromatic nitrogens is 2. The van der Waals surface area contributed by atoms with Gasteiger partial charge < -0.3 is 5.32 Å². The summed E-state index contributed by atoms with van der Waals surface area (Å²) in [5, 5.41) is 17.1. The van der Waals surface area contributed by atoms with Crippen molar-refractivity contribution in [2.45, 2.75) is 26.9 Å². The summed E-state index contributed by atoms with van der Waals surface area (Å²) in [6, 6.07) is 19.6. The highest BCUT2D eigenvalue weighted by Crippen LogP contribution is 2.24. The van der Waals surface area contributed by atoms with Gasteiger partial charge in [-0.2, -0.15) is 10.4 Å². The van der Waals surface area contributed by atoms with Crippen LogP contribution in [0.3, 0.4) is 0 Å². The first-order valence-electron chi connectivity index (χ1n) is 9.20. The van der Waals surface area contributed by atoms with E-state index >= 15 is 0 Å². The average molecular weight is 405 g/mol. The zero-order chi connectivity index (χ0) is 20.8. The number of rotatable bonds is 6. The maximum Gasteiger partial charge on any atom is 0.262 e. The number of amides is 1. The van der Waals surface area contributed by atoms with Crippen molar-refractivity contribution >= 4 is 23.6 Å². The summed E-state index contributed by atoms with van der Waals surface area (Å²) in [4.78, 5) is 12.4. The van der Waals surface area contributed by atoms with E-state index in [1.54, 1.807) is 11.6 Å². The second kappa shape index (κ2) is 9.22. The van der Waals surface area contributed by atoms with E-state index in [4.69, 9.17) is 11.6 Å². The van der Waals surface area contributed by atoms with E-state index in [2.05, 4.69) is 10.4 Å². The minimum absolute atomic E-state index is 0.0131. The van der Waals surface area contributed by atoms with Crippen molar-refractivity contribution in [1.82, 2.24) is 15.1 Å². The standard InChI is InChI=1S/C23H21ClN4O/c1-16-8-10-19(11-9-16)15-28-22(24)21(17(2)27-28)12-20(13-25)23(29)26-14-18-6-4-3-5-7-18/h3-12H,14-15H2,1-2H3,(H,26,29)/b20-12+. The van der Waals surface area contributed by atoms with Crippen molar-refractivity contribution in [3.8, 4) is 6.07 Å². The van der Waals surface area contributed by atoms with Crippen LogP contribution >= 0.6 is 11.6 Å². The number of nitrogens with one attached hydrogen (secondary N) is 1. The largest absolute Gasteiger partial charge is 0.347 e. The van der Waals surface area contributed by atoms with Crippen LogP contribution < -0.4 is 5.32 Å². The summed E-state index contributed by atoms with van der Waals surface area (Å²) in [7, 11) is 0. The second-order valence-corrected chi connectivity index (χ2v) is 7.13. The van der Waals surface area contributed by atoms with Gasteiger partial charge in [-0.15, -0.1) is 0 Å². The highest BCUT2D eigenvalue weighted by molar-refractivity contribution is 6.31. The number of halogens is 1. The van der Waals surface area contributed by atoms with Crippen LogP contribution in [0.5, 0.6) is 0 Å². The zero-order valence-electron chi connectivity index (χ0n) is 16.3. The van der Waals surface area contributed by atoms with Crippen LogP contribution in [0.4, 0.5) is 0 Å². The lowest BCUT2D eigenvalue weighted by Crippen LogP contribution is -2.23. The third-order valence-electron chi connectivity index (χ3n) is 4.51. The van der Waals surface area contributed by atoms with Gasteiger partial charge in [-0.3, -0.25) is 4.79 Å². The van der Waals surface area contributed by atoms with E-state index in [9.17, 15) is 10.1 Å². The molecular formula is C23H21ClN4O. The Kier molecular flexibility index (Phi) is 6.48. The maximum atomic E-state index is 12.4. The van der Waals surface area contributed by atoms with Gasteiger partial charge in [0.15, 0.2) is 0 Å². The Labute approximate surface area is 175 Å². The minimum Gasteiger partial charge on any atom is -0.347 e. The Morgan fingerprint density at radius 1 is 1.14 bits per heavy atom. The molecule has 0 aliphatic heterocycles. The van der Waals surface area contributed by atoms with Gasteiger partial charge in [-0.1, -0.05) is 71.8 Å². The maximum absolute atomic E-state index is 12.4. The molecule has 0 radical (unpaired) electrons. The van der Waals surface area contributed by atoms with E-state index in [0.717, 1.165) is 11.1 Å². The van der Waals surface area contributed by atoms with Gasteiger partial charge >= 0.3 is 0 Å². The lowest BCUT2D eigenvalue weighted by atomic mass is 10.1. The topological polar surface area (TPSA) is 70.7 Å². The van der Waals surface area contributed by atoms with Crippen molar-refractivity contribution in [2.75, 3.05) is 0 Å². The molecule has 1 aromatic heterocycles. The van der Waals surface area contributed by atoms with Gasteiger partial charge in [-0.25, -0.2) is 4.68 Å². The number of aryl methyl sites for hydroxylation is 2. The predicted molar refractivity (Wildman–Crippen MR) is 114 cm³/mol. The molecule has 0 saturated heterocycles. The smallest absolute Gasteiger partial charge is 0.262 e. The van der Waals surface area contributed by atoms with Crippen LogP contribution in [0, 0.1) is 25.2 Å². The quantitative estimate of drug-likeness (QED) is 0.488. The van der Waals surface area contributed by atoms with Crippen LogP contribution in [0.25, 0.3) is 6.08 Å². The molecule has 29 heavy (non-hydrogen) atoms. The molecule has 1 heterocycles. The lowest BCUT2D eigenvalue weighted by molar-refractivity contribution is -0.117. The van der Waals surface area contributed by atoms with Gasteiger partial charge in [0.05, 0.1) is 12.2 Å². The molecule has 146 valence electrons. The summed E-state index contributed by atoms with van der Waals surface area (Å²) in [5.74, 6) is -0.446. The zero-order valence-corrected chi connectivity index (χ0v) is 17.1. The molecule has 0 unspecified atom stereocenters. The molecule has 1 amide bonds. The molecule has 0 atom stereocenters. The van der Waals surface area contributed by atoms with Crippen LogP contribution in [0.1, 0.15) is 27.9 Å². The number of hydrogen-bond donors (Lipinski definition) is 1. The molecule has 5 nitrogen and oxygen atoms in total. The van der Waals surface area contributed by atoms with Crippen LogP contribution in [-0.2, 0) is 17.9 Å². The first kappa shape index (κ1) is 20.4. The van der Waals surface area contributed by atoms with E-state index < -0.39 is 5.91 Å². The Morgan fingerprint density at radius 2 is 1.83 bits per heavy atom. The van der Waals surface area contributed by atoms with Crippen molar-refractivity contribution in [3.63, 3.8) is 0 Å². The summed E-state index contributed by atoms with van der Waals surface area (Å²) < 4.78 is 1.67. The number of nitrogens with zero attached hydrogens (tertiary/aromatic N) is 3. The molecule has 3 aromatic rings. The highest BCUT2D eigenvalue weighted by Gasteiger charge is 2.16. The molecule has 1 N–H and O–H groups in total. The van der Waals surface area contributed by atoms with Gasteiger partial charge in [0.25, 0.3) is 5.91 Å². The number of nitriles is 1. The monoisotopic (exact) mass is 404 g/mol. The Morgan fingerprint density at radius 3 is 2.48 bits per heavy atom. The first-order chi connectivity index (χ1) is 14.0. The molecule has 3 rings (SSSR count). The third-order valence-corrected chi connectivity index (χ3v) is 4.91. The lowest BCUT2D eigenvalue weighted by Gasteiger charge is -2.05. The van der Waals surface area contributed by atoms with Gasteiger partial charge in [0.2, 0.25) is 0 Å². The molecule has 6 heteroatoms. The van der Waals surface area contributed by atoms with Crippen LogP contribution in [0.2, 0.25) is 5.15 Å². The second-order valence-electron chi connectivity index (χ2n) is 6.77. The third kappa shape index (κ3) is 5.13. The minimum atomic E-state index is -0.446. The Hall–Kier alpha value is -3.36. The van der Waals surface area contributed by atoms with E-state index in [1.807, 2.05) is 67.6 Å². The SMILES string of the molecule is Cc1ccc(Cn2nc(C)c(/C=C(\C#N)C(=O)NCc3ccccc3)c2Cl)cc1. The van der Waals surface area contributed by atoms with E-state index in [0.29, 0.717) is 29.5 Å². The average Bonchev–Trinajstić information content (AvgIpc) is 2.99. The molecule has 2 aromatic carbocycles. The van der Waals surface area contributed by atoms with Crippen molar-refractivity contribution in [1.29, 1.82) is 5.26 Å². The molecule has 0 aliphatic rings. The first-order valence-corrected chi connectivity index (χ1v) is 9.58. The van der Waals surface area contributed by atoms with Gasteiger partial charge in [0.1, 0.15) is 16.8 Å². The van der Waals surface area contributed by atoms with Crippen molar-refractivity contribution in [3.05, 3.63) is 93.3 Å². The molecule has 0 spiro atoms. The summed E-state index contributed by atoms with van der Waals surface area (Å²) in [6.07, 6.45) is 1.50. The van der Waals surface area contributed by atoms with E-state index in [-0.39, 0.29) is 5.57 Å². The predicted octanol–water partition coefficient (Wildman–Crippen LogP) is 4.43. The number of hydrogen-bond acceptors (Lipinski definition) is 3. The molecule has 0 bridgehead atoms. The summed E-state index contributed by atoms with van der Waals surface area (Å²) in [5.41, 5.74) is 4.42. The van der Waals surface area contributed by atoms with Crippen LogP contribution in [-0.4, -0.2) is 15.7 Å². The number of carbonyl (C=O) groups excluding carboxylic acids is 1. The number of benzene rings is 2. The Bertz CT molecular complexity index is 1080. The van der Waals surface area contributed by atoms with E-state index in [1.165, 1.54) is 11.6 Å². The fourth-order valence-electron chi connectivity index (χ4n) is 2.87. The fourth-order valence-corrected chi connectivity index (χ4v) is 3.16. The Balaban J connectivity index is 1.78. The fraction of sp³-hybridized carbons (Fsp3) is 0.174. The molecular weight excluding hydrogens is 384 g/mol. The summed E-state index contributed by atoms with van der Waals surface area (Å²) >= 11 is 6.50. The summed E-state index contributed by atoms with van der Waals surface area (Å²) in [6.45, 7) is 4.69. The molecule has 0 aliphatic carbocycles. The van der Waals surface area contributed by atoms with Crippen LogP contribution in [0.15, 0.2) is 60.2 Å². The van der Waals surface area contributed by atoms with Gasteiger partial charge in [-0.05, 0) is 31.1 Å².